The lowest BCUT2D eigenvalue weighted by Gasteiger charge is -2.38. The second kappa shape index (κ2) is 7.04. The Morgan fingerprint density at radius 3 is 2.80 bits per heavy atom. The number of nitrogens with zero attached hydrogens (tertiary/aromatic N) is 2. The molecule has 0 atom stereocenters. The molecule has 0 amide bonds. The second-order valence-electron chi connectivity index (χ2n) is 6.31. The van der Waals surface area contributed by atoms with Gasteiger partial charge in [0.1, 0.15) is 5.82 Å². The minimum atomic E-state index is 0.474. The molecule has 0 radical (unpaired) electrons. The number of aromatic nitrogens is 1. The quantitative estimate of drug-likeness (QED) is 0.811. The molecule has 2 heterocycles. The maximum absolute atomic E-state index is 5.06. The summed E-state index contributed by atoms with van der Waals surface area (Å²) in [5.41, 5.74) is 1.76. The van der Waals surface area contributed by atoms with Gasteiger partial charge in [-0.2, -0.15) is 0 Å². The normalized spacial score (nSPS) is 18.2. The Morgan fingerprint density at radius 2 is 2.10 bits per heavy atom. The number of nitrogens with one attached hydrogen (secondary N) is 1. The summed E-state index contributed by atoms with van der Waals surface area (Å²) in [4.78, 5) is 7.03. The largest absolute Gasteiger partial charge is 0.383 e. The average Bonchev–Trinajstić information content (AvgIpc) is 2.44. The molecule has 1 fully saturated rings. The van der Waals surface area contributed by atoms with Crippen LogP contribution in [0.15, 0.2) is 18.3 Å². The van der Waals surface area contributed by atoms with E-state index in [0.717, 1.165) is 38.6 Å². The Labute approximate surface area is 122 Å². The van der Waals surface area contributed by atoms with Gasteiger partial charge in [-0.3, -0.25) is 0 Å². The molecule has 1 aliphatic heterocycles. The fourth-order valence-electron chi connectivity index (χ4n) is 2.57. The van der Waals surface area contributed by atoms with Crippen molar-refractivity contribution in [2.24, 2.45) is 5.41 Å². The van der Waals surface area contributed by atoms with Crippen LogP contribution in [0.2, 0.25) is 0 Å². The van der Waals surface area contributed by atoms with Gasteiger partial charge in [0.25, 0.3) is 0 Å². The van der Waals surface area contributed by atoms with E-state index in [1.165, 1.54) is 18.4 Å². The van der Waals surface area contributed by atoms with Gasteiger partial charge >= 0.3 is 0 Å². The zero-order valence-corrected chi connectivity index (χ0v) is 13.0. The van der Waals surface area contributed by atoms with Crippen LogP contribution >= 0.6 is 0 Å². The number of hydrogen-bond acceptors (Lipinski definition) is 4. The predicted octanol–water partition coefficient (Wildman–Crippen LogP) is 2.44. The monoisotopic (exact) mass is 277 g/mol. The first-order valence-corrected chi connectivity index (χ1v) is 7.51. The van der Waals surface area contributed by atoms with Gasteiger partial charge in [-0.25, -0.2) is 4.98 Å². The Balaban J connectivity index is 1.97. The fourth-order valence-corrected chi connectivity index (χ4v) is 2.57. The molecule has 2 rings (SSSR count). The van der Waals surface area contributed by atoms with E-state index in [-0.39, 0.29) is 0 Å². The van der Waals surface area contributed by atoms with E-state index in [9.17, 15) is 0 Å². The minimum absolute atomic E-state index is 0.474. The van der Waals surface area contributed by atoms with Crippen LogP contribution in [-0.4, -0.2) is 38.3 Å². The van der Waals surface area contributed by atoms with Crippen LogP contribution in [-0.2, 0) is 11.3 Å². The lowest BCUT2D eigenvalue weighted by molar-refractivity contribution is 0.199. The number of rotatable bonds is 6. The molecule has 0 unspecified atom stereocenters. The number of hydrogen-bond donors (Lipinski definition) is 1. The van der Waals surface area contributed by atoms with Crippen molar-refractivity contribution in [1.82, 2.24) is 10.3 Å². The standard InChI is InChI=1S/C16H27N3O/c1-16(2)6-10-19(11-7-16)15-14(5-4-8-18-15)13-17-9-12-20-3/h4-5,8,17H,6-7,9-13H2,1-3H3. The van der Waals surface area contributed by atoms with Gasteiger partial charge in [0, 0.05) is 45.0 Å². The van der Waals surface area contributed by atoms with Crippen molar-refractivity contribution in [2.45, 2.75) is 33.2 Å². The van der Waals surface area contributed by atoms with E-state index in [1.54, 1.807) is 7.11 Å². The zero-order chi connectivity index (χ0) is 14.4. The van der Waals surface area contributed by atoms with Crippen molar-refractivity contribution >= 4 is 5.82 Å². The topological polar surface area (TPSA) is 37.4 Å². The fraction of sp³-hybridized carbons (Fsp3) is 0.688. The Kier molecular flexibility index (Phi) is 5.38. The molecule has 112 valence electrons. The Morgan fingerprint density at radius 1 is 1.35 bits per heavy atom. The molecule has 0 spiro atoms. The summed E-state index contributed by atoms with van der Waals surface area (Å²) in [7, 11) is 1.73. The molecule has 0 bridgehead atoms. The van der Waals surface area contributed by atoms with E-state index in [4.69, 9.17) is 4.74 Å². The SMILES string of the molecule is COCCNCc1cccnc1N1CCC(C)(C)CC1. The molecule has 0 aliphatic carbocycles. The lowest BCUT2D eigenvalue weighted by Crippen LogP contribution is -2.38. The zero-order valence-electron chi connectivity index (χ0n) is 13.0. The third-order valence-electron chi connectivity index (χ3n) is 4.08. The molecular formula is C16H27N3O. The molecular weight excluding hydrogens is 250 g/mol. The minimum Gasteiger partial charge on any atom is -0.383 e. The Hall–Kier alpha value is -1.13. The molecule has 1 aliphatic rings. The maximum atomic E-state index is 5.06. The van der Waals surface area contributed by atoms with Crippen molar-refractivity contribution in [1.29, 1.82) is 0 Å². The Bertz CT molecular complexity index is 410. The molecule has 1 aromatic heterocycles. The number of methoxy groups -OCH3 is 1. The number of anilines is 1. The van der Waals surface area contributed by atoms with Crippen LogP contribution in [0, 0.1) is 5.41 Å². The maximum Gasteiger partial charge on any atom is 0.133 e. The second-order valence-corrected chi connectivity index (χ2v) is 6.31. The lowest BCUT2D eigenvalue weighted by atomic mass is 9.82. The van der Waals surface area contributed by atoms with E-state index < -0.39 is 0 Å². The van der Waals surface area contributed by atoms with Gasteiger partial charge in [0.2, 0.25) is 0 Å². The summed E-state index contributed by atoms with van der Waals surface area (Å²) in [5, 5.41) is 3.41. The van der Waals surface area contributed by atoms with Gasteiger partial charge in [-0.15, -0.1) is 0 Å². The van der Waals surface area contributed by atoms with Crippen LogP contribution in [0.5, 0.6) is 0 Å². The summed E-state index contributed by atoms with van der Waals surface area (Å²) in [6, 6.07) is 4.19. The van der Waals surface area contributed by atoms with Crippen LogP contribution in [0.25, 0.3) is 0 Å². The van der Waals surface area contributed by atoms with Gasteiger partial charge in [-0.05, 0) is 24.3 Å². The van der Waals surface area contributed by atoms with Crippen molar-refractivity contribution < 1.29 is 4.74 Å². The van der Waals surface area contributed by atoms with Crippen LogP contribution in [0.4, 0.5) is 5.82 Å². The summed E-state index contributed by atoms with van der Waals surface area (Å²) >= 11 is 0. The summed E-state index contributed by atoms with van der Waals surface area (Å²) in [6.07, 6.45) is 4.37. The van der Waals surface area contributed by atoms with E-state index in [2.05, 4.69) is 35.1 Å². The van der Waals surface area contributed by atoms with Crippen molar-refractivity contribution in [3.05, 3.63) is 23.9 Å². The van der Waals surface area contributed by atoms with Crippen molar-refractivity contribution in [3.8, 4) is 0 Å². The van der Waals surface area contributed by atoms with Gasteiger partial charge in [0.15, 0.2) is 0 Å². The molecule has 20 heavy (non-hydrogen) atoms. The van der Waals surface area contributed by atoms with E-state index >= 15 is 0 Å². The summed E-state index contributed by atoms with van der Waals surface area (Å²) in [5.74, 6) is 1.15. The molecule has 1 aromatic rings. The first-order valence-electron chi connectivity index (χ1n) is 7.51. The molecule has 1 N–H and O–H groups in total. The predicted molar refractivity (Wildman–Crippen MR) is 83.0 cm³/mol. The molecule has 0 aromatic carbocycles. The van der Waals surface area contributed by atoms with E-state index in [1.807, 2.05) is 12.3 Å². The smallest absolute Gasteiger partial charge is 0.133 e. The third-order valence-corrected chi connectivity index (χ3v) is 4.08. The van der Waals surface area contributed by atoms with E-state index in [0.29, 0.717) is 5.41 Å². The summed E-state index contributed by atoms with van der Waals surface area (Å²) < 4.78 is 5.06. The van der Waals surface area contributed by atoms with Crippen LogP contribution < -0.4 is 10.2 Å². The highest BCUT2D eigenvalue weighted by atomic mass is 16.5. The first-order chi connectivity index (χ1) is 9.62. The molecule has 4 nitrogen and oxygen atoms in total. The highest BCUT2D eigenvalue weighted by Gasteiger charge is 2.26. The van der Waals surface area contributed by atoms with Crippen molar-refractivity contribution in [3.63, 3.8) is 0 Å². The molecule has 1 saturated heterocycles. The summed E-state index contributed by atoms with van der Waals surface area (Å²) in [6.45, 7) is 9.40. The van der Waals surface area contributed by atoms with Crippen LogP contribution in [0.3, 0.4) is 0 Å². The highest BCUT2D eigenvalue weighted by Crippen LogP contribution is 2.32. The van der Waals surface area contributed by atoms with Crippen molar-refractivity contribution in [2.75, 3.05) is 38.3 Å². The van der Waals surface area contributed by atoms with Gasteiger partial charge in [0.05, 0.1) is 6.61 Å². The van der Waals surface area contributed by atoms with Gasteiger partial charge in [-0.1, -0.05) is 19.9 Å². The number of pyridine rings is 1. The van der Waals surface area contributed by atoms with Crippen LogP contribution in [0.1, 0.15) is 32.3 Å². The number of piperidine rings is 1. The number of ether oxygens (including phenoxy) is 1. The first kappa shape index (κ1) is 15.3. The third kappa shape index (κ3) is 4.18. The highest BCUT2D eigenvalue weighted by molar-refractivity contribution is 5.47. The van der Waals surface area contributed by atoms with Gasteiger partial charge < -0.3 is 15.0 Å². The molecule has 0 saturated carbocycles. The molecule has 4 heteroatoms. The average molecular weight is 277 g/mol.